The van der Waals surface area contributed by atoms with Gasteiger partial charge in [0.25, 0.3) is 0 Å². The number of carboxylic acids is 1. The molecule has 43 heavy (non-hydrogen) atoms. The molecule has 2 aliphatic heterocycles. The molecule has 2 atom stereocenters. The van der Waals surface area contributed by atoms with Crippen molar-refractivity contribution in [3.8, 4) is 5.75 Å². The number of nitrogens with zero attached hydrogens (tertiary/aromatic N) is 4. The van der Waals surface area contributed by atoms with E-state index in [4.69, 9.17) is 9.47 Å². The molecular formula is C31H41N5O6S. The van der Waals surface area contributed by atoms with Crippen molar-refractivity contribution in [2.45, 2.75) is 77.3 Å². The lowest BCUT2D eigenvalue weighted by molar-refractivity contribution is -0.158. The zero-order valence-electron chi connectivity index (χ0n) is 25.2. The fourth-order valence-corrected chi connectivity index (χ4v) is 7.34. The molecule has 3 heterocycles. The summed E-state index contributed by atoms with van der Waals surface area (Å²) in [7, 11) is -3.83. The van der Waals surface area contributed by atoms with Gasteiger partial charge in [-0.15, -0.1) is 5.10 Å². The van der Waals surface area contributed by atoms with E-state index < -0.39 is 27.5 Å². The van der Waals surface area contributed by atoms with Gasteiger partial charge in [0, 0.05) is 13.1 Å². The molecule has 2 N–H and O–H groups in total. The molecule has 2 aliphatic rings. The maximum absolute atomic E-state index is 13.7. The van der Waals surface area contributed by atoms with Gasteiger partial charge < -0.3 is 19.9 Å². The highest BCUT2D eigenvalue weighted by molar-refractivity contribution is 7.89. The average molecular weight is 612 g/mol. The smallest absolute Gasteiger partial charge is 0.312 e. The van der Waals surface area contributed by atoms with Crippen LogP contribution in [-0.4, -0.2) is 64.5 Å². The van der Waals surface area contributed by atoms with Gasteiger partial charge in [-0.1, -0.05) is 35.5 Å². The van der Waals surface area contributed by atoms with Crippen LogP contribution in [0.3, 0.4) is 0 Å². The van der Waals surface area contributed by atoms with Gasteiger partial charge in [0.2, 0.25) is 10.0 Å². The lowest BCUT2D eigenvalue weighted by Gasteiger charge is -2.31. The number of aliphatic carboxylic acids is 1. The van der Waals surface area contributed by atoms with Crippen LogP contribution in [0.2, 0.25) is 0 Å². The molecule has 11 nitrogen and oxygen atoms in total. The van der Waals surface area contributed by atoms with Crippen LogP contribution in [0.25, 0.3) is 0 Å². The normalized spacial score (nSPS) is 20.1. The van der Waals surface area contributed by atoms with Crippen molar-refractivity contribution in [3.05, 3.63) is 71.0 Å². The summed E-state index contributed by atoms with van der Waals surface area (Å²) in [5.74, 6) is -0.128. The van der Waals surface area contributed by atoms with E-state index in [1.807, 2.05) is 42.9 Å². The topological polar surface area (TPSA) is 136 Å². The first-order valence-corrected chi connectivity index (χ1v) is 16.2. The number of benzene rings is 2. The van der Waals surface area contributed by atoms with Gasteiger partial charge in [-0.3, -0.25) is 9.48 Å². The highest BCUT2D eigenvalue weighted by Crippen LogP contribution is 2.39. The van der Waals surface area contributed by atoms with Gasteiger partial charge in [0.15, 0.2) is 0 Å². The Balaban J connectivity index is 1.38. The van der Waals surface area contributed by atoms with Crippen molar-refractivity contribution in [2.75, 3.05) is 19.6 Å². The zero-order chi connectivity index (χ0) is 30.8. The SMILES string of the molecule is Cc1ccc(C(OCc2cn(CC3CCNCC3)nn2)C(C)(C)C(=O)O)cc1CN1C[C@@H](C)Oc2ccccc2S1(=O)=O. The minimum Gasteiger partial charge on any atom is -0.488 e. The summed E-state index contributed by atoms with van der Waals surface area (Å²) < 4.78 is 42.8. The Morgan fingerprint density at radius 2 is 1.95 bits per heavy atom. The van der Waals surface area contributed by atoms with E-state index in [0.29, 0.717) is 22.9 Å². The van der Waals surface area contributed by atoms with Crippen LogP contribution >= 0.6 is 0 Å². The third kappa shape index (κ3) is 6.93. The predicted molar refractivity (Wildman–Crippen MR) is 160 cm³/mol. The third-order valence-corrected chi connectivity index (χ3v) is 10.2. The summed E-state index contributed by atoms with van der Waals surface area (Å²) in [4.78, 5) is 12.5. The van der Waals surface area contributed by atoms with Gasteiger partial charge in [0.05, 0.1) is 30.9 Å². The molecule has 0 amide bonds. The Labute approximate surface area is 253 Å². The lowest BCUT2D eigenvalue weighted by atomic mass is 9.81. The Morgan fingerprint density at radius 1 is 1.21 bits per heavy atom. The van der Waals surface area contributed by atoms with Crippen LogP contribution in [0.1, 0.15) is 62.1 Å². The van der Waals surface area contributed by atoms with Gasteiger partial charge in [-0.2, -0.15) is 4.31 Å². The molecule has 1 fully saturated rings. The number of sulfonamides is 1. The van der Waals surface area contributed by atoms with E-state index in [0.717, 1.165) is 43.6 Å². The highest BCUT2D eigenvalue weighted by atomic mass is 32.2. The van der Waals surface area contributed by atoms with E-state index >= 15 is 0 Å². The molecule has 3 aromatic rings. The lowest BCUT2D eigenvalue weighted by Crippen LogP contribution is -2.36. The number of nitrogens with one attached hydrogen (secondary N) is 1. The van der Waals surface area contributed by atoms with Crippen LogP contribution < -0.4 is 10.1 Å². The summed E-state index contributed by atoms with van der Waals surface area (Å²) in [5.41, 5.74) is 1.63. The van der Waals surface area contributed by atoms with Crippen molar-refractivity contribution >= 4 is 16.0 Å². The summed E-state index contributed by atoms with van der Waals surface area (Å²) >= 11 is 0. The zero-order valence-corrected chi connectivity index (χ0v) is 26.0. The summed E-state index contributed by atoms with van der Waals surface area (Å²) in [6.07, 6.45) is 2.86. The van der Waals surface area contributed by atoms with Gasteiger partial charge >= 0.3 is 5.97 Å². The number of aromatic nitrogens is 3. The molecule has 232 valence electrons. The van der Waals surface area contributed by atoms with Crippen LogP contribution in [-0.2, 0) is 39.3 Å². The minimum atomic E-state index is -3.83. The van der Waals surface area contributed by atoms with Gasteiger partial charge in [0.1, 0.15) is 22.4 Å². The standard InChI is InChI=1S/C31H41N5O6S/c1-21-9-10-24(15-25(21)18-36-16-22(2)42-27-7-5-6-8-28(27)43(36,39)40)29(31(3,4)30(37)38)41-20-26-19-35(34-33-26)17-23-11-13-32-14-12-23/h5-10,15,19,22-23,29,32H,11-14,16-18,20H2,1-4H3,(H,37,38)/t22-,29?/m1/s1. The maximum atomic E-state index is 13.7. The molecule has 1 unspecified atom stereocenters. The molecule has 0 aliphatic carbocycles. The first kappa shape index (κ1) is 31.1. The first-order valence-electron chi connectivity index (χ1n) is 14.7. The van der Waals surface area contributed by atoms with Crippen molar-refractivity contribution in [1.82, 2.24) is 24.6 Å². The maximum Gasteiger partial charge on any atom is 0.312 e. The van der Waals surface area contributed by atoms with E-state index in [-0.39, 0.29) is 30.7 Å². The van der Waals surface area contributed by atoms with Crippen molar-refractivity contribution in [3.63, 3.8) is 0 Å². The molecular weight excluding hydrogens is 570 g/mol. The van der Waals surface area contributed by atoms with Crippen LogP contribution in [0.5, 0.6) is 5.75 Å². The quantitative estimate of drug-likeness (QED) is 0.350. The van der Waals surface area contributed by atoms with Crippen molar-refractivity contribution in [2.24, 2.45) is 11.3 Å². The second-order valence-corrected chi connectivity index (χ2v) is 14.1. The Morgan fingerprint density at radius 3 is 2.70 bits per heavy atom. The number of ether oxygens (including phenoxy) is 2. The number of para-hydroxylation sites is 1. The monoisotopic (exact) mass is 611 g/mol. The molecule has 0 spiro atoms. The molecule has 5 rings (SSSR count). The predicted octanol–water partition coefficient (Wildman–Crippen LogP) is 3.93. The van der Waals surface area contributed by atoms with Crippen LogP contribution in [0.15, 0.2) is 53.6 Å². The number of aryl methyl sites for hydroxylation is 1. The fourth-order valence-electron chi connectivity index (χ4n) is 5.73. The average Bonchev–Trinajstić information content (AvgIpc) is 3.38. The second kappa shape index (κ2) is 12.7. The largest absolute Gasteiger partial charge is 0.488 e. The fraction of sp³-hybridized carbons (Fsp3) is 0.516. The number of hydrogen-bond acceptors (Lipinski definition) is 8. The van der Waals surface area contributed by atoms with E-state index in [1.54, 1.807) is 38.1 Å². The number of rotatable bonds is 10. The number of fused-ring (bicyclic) bond motifs is 1. The second-order valence-electron chi connectivity index (χ2n) is 12.2. The molecule has 1 aromatic heterocycles. The van der Waals surface area contributed by atoms with Crippen molar-refractivity contribution in [1.29, 1.82) is 0 Å². The molecule has 12 heteroatoms. The molecule has 0 bridgehead atoms. The molecule has 0 radical (unpaired) electrons. The van der Waals surface area contributed by atoms with Gasteiger partial charge in [-0.25, -0.2) is 8.42 Å². The van der Waals surface area contributed by atoms with E-state index in [2.05, 4.69) is 15.6 Å². The molecule has 2 aromatic carbocycles. The third-order valence-electron chi connectivity index (χ3n) is 8.37. The van der Waals surface area contributed by atoms with Crippen LogP contribution in [0.4, 0.5) is 0 Å². The van der Waals surface area contributed by atoms with Crippen LogP contribution in [0, 0.1) is 18.3 Å². The summed E-state index contributed by atoms with van der Waals surface area (Å²) in [5, 5.41) is 22.1. The molecule has 0 saturated carbocycles. The molecule has 1 saturated heterocycles. The minimum absolute atomic E-state index is 0.0863. The van der Waals surface area contributed by atoms with Crippen molar-refractivity contribution < 1.29 is 27.8 Å². The Kier molecular flexibility index (Phi) is 9.21. The highest BCUT2D eigenvalue weighted by Gasteiger charge is 2.40. The summed E-state index contributed by atoms with van der Waals surface area (Å²) in [6.45, 7) is 10.2. The van der Waals surface area contributed by atoms with E-state index in [9.17, 15) is 18.3 Å². The Hall–Kier alpha value is -3.32. The first-order chi connectivity index (χ1) is 20.4. The van der Waals surface area contributed by atoms with Gasteiger partial charge in [-0.05, 0) is 88.4 Å². The number of piperidine rings is 1. The number of carbonyl (C=O) groups is 1. The Bertz CT molecular complexity index is 1550. The number of carboxylic acid groups (broad SMARTS) is 1. The van der Waals surface area contributed by atoms with E-state index in [1.165, 1.54) is 4.31 Å². The number of hydrogen-bond donors (Lipinski definition) is 2. The summed E-state index contributed by atoms with van der Waals surface area (Å²) in [6, 6.07) is 12.2.